The van der Waals surface area contributed by atoms with E-state index >= 15 is 0 Å². The van der Waals surface area contributed by atoms with Gasteiger partial charge in [0.2, 0.25) is 5.91 Å². The van der Waals surface area contributed by atoms with Gasteiger partial charge in [-0.05, 0) is 54.6 Å². The van der Waals surface area contributed by atoms with Crippen LogP contribution in [-0.4, -0.2) is 34.4 Å². The van der Waals surface area contributed by atoms with E-state index in [1.54, 1.807) is 26.0 Å². The van der Waals surface area contributed by atoms with Gasteiger partial charge in [-0.25, -0.2) is 0 Å². The summed E-state index contributed by atoms with van der Waals surface area (Å²) in [4.78, 5) is 11.7. The molecule has 1 rings (SSSR count). The smallest absolute Gasteiger partial charge is 0.220 e. The molecule has 0 aliphatic heterocycles. The summed E-state index contributed by atoms with van der Waals surface area (Å²) in [5, 5.41) is 2.68. The van der Waals surface area contributed by atoms with Gasteiger partial charge in [-0.3, -0.25) is 9.00 Å². The predicted octanol–water partition coefficient (Wildman–Crippen LogP) is 0.775. The summed E-state index contributed by atoms with van der Waals surface area (Å²) in [5.74, 6) is 0.565. The van der Waals surface area contributed by atoms with Crippen LogP contribution >= 0.6 is 0 Å². The first kappa shape index (κ1) is 17.6. The van der Waals surface area contributed by atoms with Crippen LogP contribution in [0.2, 0.25) is 0 Å². The minimum atomic E-state index is -2.25. The number of benzene rings is 1. The van der Waals surface area contributed by atoms with Crippen molar-refractivity contribution in [3.8, 4) is 5.75 Å². The lowest BCUT2D eigenvalue weighted by Gasteiger charge is -2.15. The third-order valence-corrected chi connectivity index (χ3v) is 3.86. The molecule has 6 nitrogen and oxygen atoms in total. The molecule has 1 amide bonds. The lowest BCUT2D eigenvalue weighted by Crippen LogP contribution is -2.29. The van der Waals surface area contributed by atoms with Crippen LogP contribution in [0.4, 0.5) is 0 Å². The summed E-state index contributed by atoms with van der Waals surface area (Å²) >= 11 is -2.25. The van der Waals surface area contributed by atoms with E-state index < -0.39 is 11.1 Å². The number of carbonyl (C=O) groups is 1. The molecule has 0 aromatic heterocycles. The van der Waals surface area contributed by atoms with Crippen molar-refractivity contribution in [3.05, 3.63) is 23.3 Å². The molecule has 0 aliphatic carbocycles. The largest absolute Gasteiger partial charge is 0.768 e. The average Bonchev–Trinajstić information content (AvgIpc) is 2.40. The van der Waals surface area contributed by atoms with Gasteiger partial charge in [0.15, 0.2) is 0 Å². The fourth-order valence-electron chi connectivity index (χ4n) is 1.98. The molecular weight excluding hydrogens is 292 g/mol. The first-order chi connectivity index (χ1) is 9.95. The van der Waals surface area contributed by atoms with Gasteiger partial charge in [-0.2, -0.15) is 0 Å². The first-order valence-corrected chi connectivity index (χ1v) is 7.83. The summed E-state index contributed by atoms with van der Waals surface area (Å²) in [6.07, 6.45) is 0.963. The molecule has 118 valence electrons. The average molecular weight is 313 g/mol. The maximum atomic E-state index is 11.4. The topological polar surface area (TPSA) is 104 Å². The summed E-state index contributed by atoms with van der Waals surface area (Å²) < 4.78 is 27.7. The van der Waals surface area contributed by atoms with Crippen LogP contribution in [0.5, 0.6) is 5.75 Å². The van der Waals surface area contributed by atoms with Gasteiger partial charge in [0.05, 0.1) is 6.61 Å². The third-order valence-electron chi connectivity index (χ3n) is 2.88. The number of hydrogen-bond donors (Lipinski definition) is 2. The molecule has 1 atom stereocenters. The van der Waals surface area contributed by atoms with Crippen LogP contribution in [0, 0.1) is 13.8 Å². The quantitative estimate of drug-likeness (QED) is 0.545. The van der Waals surface area contributed by atoms with Crippen molar-refractivity contribution in [2.24, 2.45) is 5.73 Å². The summed E-state index contributed by atoms with van der Waals surface area (Å²) in [7, 11) is 0. The van der Waals surface area contributed by atoms with Gasteiger partial charge >= 0.3 is 0 Å². The van der Waals surface area contributed by atoms with Crippen molar-refractivity contribution < 1.29 is 18.3 Å². The molecule has 0 spiro atoms. The molecule has 0 aliphatic rings. The normalized spacial score (nSPS) is 12.0. The molecule has 21 heavy (non-hydrogen) atoms. The summed E-state index contributed by atoms with van der Waals surface area (Å²) in [6, 6.07) is 3.37. The van der Waals surface area contributed by atoms with Gasteiger partial charge in [0.25, 0.3) is 0 Å². The Morgan fingerprint density at radius 2 is 2.00 bits per heavy atom. The molecule has 1 aromatic carbocycles. The van der Waals surface area contributed by atoms with Crippen molar-refractivity contribution in [1.82, 2.24) is 5.32 Å². The van der Waals surface area contributed by atoms with Crippen molar-refractivity contribution in [2.45, 2.75) is 31.6 Å². The Bertz CT molecular complexity index is 497. The monoisotopic (exact) mass is 313 g/mol. The zero-order valence-electron chi connectivity index (χ0n) is 12.3. The Labute approximate surface area is 127 Å². The van der Waals surface area contributed by atoms with E-state index in [2.05, 4.69) is 5.32 Å². The van der Waals surface area contributed by atoms with Crippen molar-refractivity contribution in [1.29, 1.82) is 0 Å². The number of aryl methyl sites for hydroxylation is 2. The Morgan fingerprint density at radius 3 is 2.52 bits per heavy atom. The van der Waals surface area contributed by atoms with Gasteiger partial charge in [0.1, 0.15) is 5.75 Å². The Hall–Kier alpha value is -1.44. The molecule has 0 radical (unpaired) electrons. The van der Waals surface area contributed by atoms with E-state index in [1.165, 1.54) is 0 Å². The van der Waals surface area contributed by atoms with E-state index in [0.717, 1.165) is 0 Å². The lowest BCUT2D eigenvalue weighted by molar-refractivity contribution is -0.121. The number of hydrogen-bond acceptors (Lipinski definition) is 5. The van der Waals surface area contributed by atoms with Gasteiger partial charge in [-0.1, -0.05) is 0 Å². The highest BCUT2D eigenvalue weighted by molar-refractivity contribution is 7.79. The van der Waals surface area contributed by atoms with Crippen LogP contribution in [0.3, 0.4) is 0 Å². The van der Waals surface area contributed by atoms with Gasteiger partial charge in [0, 0.05) is 24.4 Å². The van der Waals surface area contributed by atoms with Crippen LogP contribution in [0.1, 0.15) is 24.0 Å². The molecule has 0 fully saturated rings. The standard InChI is InChI=1S/C14H22N2O4S/c1-10-8-12(9-11(2)14(10)21(18)19)20-7-3-4-13(17)16-6-5-15/h8-9H,3-7,15H2,1-2H3,(H,16,17)(H,18,19)/p-1. The van der Waals surface area contributed by atoms with Crippen LogP contribution < -0.4 is 15.8 Å². The first-order valence-electron chi connectivity index (χ1n) is 6.75. The number of nitrogens with one attached hydrogen (secondary N) is 1. The maximum Gasteiger partial charge on any atom is 0.220 e. The van der Waals surface area contributed by atoms with E-state index in [9.17, 15) is 13.6 Å². The molecule has 1 aromatic rings. The molecule has 0 heterocycles. The number of rotatable bonds is 8. The van der Waals surface area contributed by atoms with Crippen molar-refractivity contribution >= 4 is 17.0 Å². The maximum absolute atomic E-state index is 11.4. The lowest BCUT2D eigenvalue weighted by atomic mass is 10.1. The Balaban J connectivity index is 2.46. The number of carbonyl (C=O) groups excluding carboxylic acids is 1. The van der Waals surface area contributed by atoms with Crippen LogP contribution in [-0.2, 0) is 15.9 Å². The summed E-state index contributed by atoms with van der Waals surface area (Å²) in [5.41, 5.74) is 6.59. The minimum absolute atomic E-state index is 0.0477. The molecule has 0 saturated heterocycles. The second kappa shape index (κ2) is 8.76. The molecule has 7 heteroatoms. The van der Waals surface area contributed by atoms with E-state index in [4.69, 9.17) is 10.5 Å². The Morgan fingerprint density at radius 1 is 1.38 bits per heavy atom. The highest BCUT2D eigenvalue weighted by atomic mass is 32.2. The fraction of sp³-hybridized carbons (Fsp3) is 0.500. The Kier molecular flexibility index (Phi) is 7.35. The molecular formula is C14H21N2O4S-. The molecule has 0 bridgehead atoms. The van der Waals surface area contributed by atoms with Crippen LogP contribution in [0.15, 0.2) is 17.0 Å². The number of ether oxygens (including phenoxy) is 1. The second-order valence-electron chi connectivity index (χ2n) is 4.71. The molecule has 3 N–H and O–H groups in total. The van der Waals surface area contributed by atoms with E-state index in [0.29, 0.717) is 54.3 Å². The zero-order chi connectivity index (χ0) is 15.8. The van der Waals surface area contributed by atoms with E-state index in [-0.39, 0.29) is 5.91 Å². The third kappa shape index (κ3) is 5.82. The predicted molar refractivity (Wildman–Crippen MR) is 79.9 cm³/mol. The highest BCUT2D eigenvalue weighted by Gasteiger charge is 2.07. The van der Waals surface area contributed by atoms with E-state index in [1.807, 2.05) is 0 Å². The van der Waals surface area contributed by atoms with Gasteiger partial charge < -0.3 is 20.3 Å². The highest BCUT2D eigenvalue weighted by Crippen LogP contribution is 2.24. The molecule has 0 saturated carbocycles. The zero-order valence-corrected chi connectivity index (χ0v) is 13.1. The van der Waals surface area contributed by atoms with Crippen molar-refractivity contribution in [2.75, 3.05) is 19.7 Å². The second-order valence-corrected chi connectivity index (χ2v) is 5.59. The minimum Gasteiger partial charge on any atom is -0.768 e. The molecule has 1 unspecified atom stereocenters. The summed E-state index contributed by atoms with van der Waals surface area (Å²) in [6.45, 7) is 4.76. The number of nitrogens with two attached hydrogens (primary N) is 1. The fourth-order valence-corrected chi connectivity index (χ4v) is 2.62. The van der Waals surface area contributed by atoms with Crippen molar-refractivity contribution in [3.63, 3.8) is 0 Å². The SMILES string of the molecule is Cc1cc(OCCCC(=O)NCCN)cc(C)c1S(=O)[O-]. The number of amides is 1. The van der Waals surface area contributed by atoms with Crippen LogP contribution in [0.25, 0.3) is 0 Å². The van der Waals surface area contributed by atoms with Gasteiger partial charge in [-0.15, -0.1) is 0 Å².